The van der Waals surface area contributed by atoms with E-state index < -0.39 is 0 Å². The highest BCUT2D eigenvalue weighted by molar-refractivity contribution is 7.99. The number of rotatable bonds is 2. The highest BCUT2D eigenvalue weighted by Crippen LogP contribution is 2.11. The molecule has 0 aromatic carbocycles. The molecule has 1 fully saturated rings. The topological polar surface area (TPSA) is 45.1 Å². The molecule has 0 radical (unpaired) electrons. The number of thioether (sulfide) groups is 1. The molecule has 0 bridgehead atoms. The van der Waals surface area contributed by atoms with E-state index in [1.54, 1.807) is 0 Å². The molecule has 2 heterocycles. The molecule has 0 unspecified atom stereocenters. The summed E-state index contributed by atoms with van der Waals surface area (Å²) in [6, 6.07) is 0. The minimum Gasteiger partial charge on any atom is -0.413 e. The summed E-state index contributed by atoms with van der Waals surface area (Å²) in [5.74, 6) is 3.09. The molecule has 0 amide bonds. The van der Waals surface area contributed by atoms with Gasteiger partial charge in [0.1, 0.15) is 0 Å². The van der Waals surface area contributed by atoms with Crippen molar-refractivity contribution in [3.05, 3.63) is 10.7 Å². The quantitative estimate of drug-likeness (QED) is 0.756. The minimum absolute atomic E-state index is 0.362. The Hall–Kier alpha value is -0.330. The highest BCUT2D eigenvalue weighted by Gasteiger charge is 2.12. The molecule has 2 rings (SSSR count). The summed E-state index contributed by atoms with van der Waals surface area (Å²) in [7, 11) is 0. The summed E-state index contributed by atoms with van der Waals surface area (Å²) < 4.78 is 5.19. The van der Waals surface area contributed by atoms with E-state index in [4.69, 9.17) is 16.6 Å². The highest BCUT2D eigenvalue weighted by atomic mass is 32.2. The zero-order valence-electron chi connectivity index (χ0n) is 7.15. The monoisotopic (exact) mass is 217 g/mol. The summed E-state index contributed by atoms with van der Waals surface area (Å²) in [4.78, 5) is 2.69. The molecule has 0 atom stereocenters. The lowest BCUT2D eigenvalue weighted by atomic mass is 10.4. The van der Waals surface area contributed by atoms with E-state index in [0.29, 0.717) is 10.7 Å². The van der Waals surface area contributed by atoms with Crippen molar-refractivity contribution in [2.75, 3.05) is 24.6 Å². The fourth-order valence-corrected chi connectivity index (χ4v) is 2.40. The summed E-state index contributed by atoms with van der Waals surface area (Å²) in [6.07, 6.45) is 0. The van der Waals surface area contributed by atoms with Crippen LogP contribution in [0, 0.1) is 4.84 Å². The summed E-state index contributed by atoms with van der Waals surface area (Å²) in [6.45, 7) is 2.99. The average molecular weight is 217 g/mol. The Bertz CT molecular complexity index is 316. The number of H-pyrrole nitrogens is 1. The lowest BCUT2D eigenvalue weighted by Gasteiger charge is -2.24. The largest absolute Gasteiger partial charge is 0.413 e. The molecular weight excluding hydrogens is 206 g/mol. The molecule has 0 aliphatic carbocycles. The normalized spacial score (nSPS) is 19.1. The average Bonchev–Trinajstić information content (AvgIpc) is 2.53. The van der Waals surface area contributed by atoms with Gasteiger partial charge in [0.05, 0.1) is 6.54 Å². The van der Waals surface area contributed by atoms with Crippen LogP contribution in [0.15, 0.2) is 4.42 Å². The molecule has 1 N–H and O–H groups in total. The Balaban J connectivity index is 1.93. The van der Waals surface area contributed by atoms with Crippen LogP contribution in [0.4, 0.5) is 0 Å². The van der Waals surface area contributed by atoms with Crippen molar-refractivity contribution in [1.29, 1.82) is 0 Å². The van der Waals surface area contributed by atoms with Gasteiger partial charge in [-0.3, -0.25) is 4.90 Å². The van der Waals surface area contributed by atoms with Crippen molar-refractivity contribution in [2.45, 2.75) is 6.54 Å². The molecule has 1 aromatic heterocycles. The maximum atomic E-state index is 5.19. The van der Waals surface area contributed by atoms with E-state index in [1.165, 1.54) is 11.5 Å². The first-order valence-electron chi connectivity index (χ1n) is 4.19. The smallest absolute Gasteiger partial charge is 0.284 e. The third-order valence-electron chi connectivity index (χ3n) is 1.94. The standard InChI is InChI=1S/C7H11N3OS2/c12-7-9-8-6(11-7)5-10-1-3-13-4-2-10/h1-5H2,(H,9,12). The third-order valence-corrected chi connectivity index (χ3v) is 3.06. The van der Waals surface area contributed by atoms with Gasteiger partial charge in [0.2, 0.25) is 5.89 Å². The summed E-state index contributed by atoms with van der Waals surface area (Å²) in [5.41, 5.74) is 0. The molecule has 1 aromatic rings. The van der Waals surface area contributed by atoms with Crippen LogP contribution in [0.5, 0.6) is 0 Å². The van der Waals surface area contributed by atoms with E-state index in [2.05, 4.69) is 15.1 Å². The molecule has 6 heteroatoms. The molecule has 72 valence electrons. The maximum Gasteiger partial charge on any atom is 0.284 e. The SMILES string of the molecule is S=c1[nH]nc(CN2CCSCC2)o1. The number of aromatic nitrogens is 2. The molecule has 1 saturated heterocycles. The first-order chi connectivity index (χ1) is 6.34. The van der Waals surface area contributed by atoms with Gasteiger partial charge in [0.25, 0.3) is 4.84 Å². The fraction of sp³-hybridized carbons (Fsp3) is 0.714. The van der Waals surface area contributed by atoms with E-state index >= 15 is 0 Å². The predicted octanol–water partition coefficient (Wildman–Crippen LogP) is 1.28. The molecule has 1 aliphatic heterocycles. The van der Waals surface area contributed by atoms with Crippen LogP contribution < -0.4 is 0 Å². The van der Waals surface area contributed by atoms with Gasteiger partial charge in [-0.25, -0.2) is 5.10 Å². The third kappa shape index (κ3) is 2.55. The molecular formula is C7H11N3OS2. The second-order valence-corrected chi connectivity index (χ2v) is 4.49. The molecule has 0 saturated carbocycles. The first-order valence-corrected chi connectivity index (χ1v) is 5.75. The number of aromatic amines is 1. The van der Waals surface area contributed by atoms with Gasteiger partial charge in [-0.05, 0) is 12.2 Å². The lowest BCUT2D eigenvalue weighted by Crippen LogP contribution is -2.32. The van der Waals surface area contributed by atoms with Crippen LogP contribution in [0.2, 0.25) is 0 Å². The fourth-order valence-electron chi connectivity index (χ4n) is 1.28. The van der Waals surface area contributed by atoms with Crippen LogP contribution in [-0.2, 0) is 6.54 Å². The Labute approximate surface area is 85.7 Å². The van der Waals surface area contributed by atoms with Crippen molar-refractivity contribution < 1.29 is 4.42 Å². The Morgan fingerprint density at radius 1 is 1.54 bits per heavy atom. The molecule has 4 nitrogen and oxygen atoms in total. The predicted molar refractivity (Wildman–Crippen MR) is 54.3 cm³/mol. The van der Waals surface area contributed by atoms with Gasteiger partial charge in [-0.1, -0.05) is 0 Å². The van der Waals surface area contributed by atoms with Crippen LogP contribution in [0.3, 0.4) is 0 Å². The number of nitrogens with zero attached hydrogens (tertiary/aromatic N) is 2. The molecule has 0 spiro atoms. The van der Waals surface area contributed by atoms with Crippen molar-refractivity contribution in [1.82, 2.24) is 15.1 Å². The van der Waals surface area contributed by atoms with Gasteiger partial charge < -0.3 is 4.42 Å². The number of hydrogen-bond donors (Lipinski definition) is 1. The van der Waals surface area contributed by atoms with Gasteiger partial charge in [0.15, 0.2) is 0 Å². The summed E-state index contributed by atoms with van der Waals surface area (Å²) in [5, 5.41) is 6.59. The minimum atomic E-state index is 0.362. The van der Waals surface area contributed by atoms with E-state index in [-0.39, 0.29) is 0 Å². The van der Waals surface area contributed by atoms with Crippen LogP contribution in [0.1, 0.15) is 5.89 Å². The van der Waals surface area contributed by atoms with E-state index in [9.17, 15) is 0 Å². The molecule has 13 heavy (non-hydrogen) atoms. The molecule has 1 aliphatic rings. The van der Waals surface area contributed by atoms with Crippen molar-refractivity contribution in [2.24, 2.45) is 0 Å². The number of hydrogen-bond acceptors (Lipinski definition) is 5. The van der Waals surface area contributed by atoms with Crippen molar-refractivity contribution in [3.63, 3.8) is 0 Å². The zero-order chi connectivity index (χ0) is 9.10. The lowest BCUT2D eigenvalue weighted by molar-refractivity contribution is 0.261. The van der Waals surface area contributed by atoms with E-state index in [0.717, 1.165) is 19.6 Å². The second kappa shape index (κ2) is 4.26. The zero-order valence-corrected chi connectivity index (χ0v) is 8.79. The van der Waals surface area contributed by atoms with Gasteiger partial charge in [-0.15, -0.1) is 5.10 Å². The van der Waals surface area contributed by atoms with Crippen LogP contribution in [0.25, 0.3) is 0 Å². The van der Waals surface area contributed by atoms with E-state index in [1.807, 2.05) is 11.8 Å². The maximum absolute atomic E-state index is 5.19. The van der Waals surface area contributed by atoms with Crippen molar-refractivity contribution >= 4 is 24.0 Å². The van der Waals surface area contributed by atoms with Crippen LogP contribution in [-0.4, -0.2) is 39.7 Å². The van der Waals surface area contributed by atoms with Crippen molar-refractivity contribution in [3.8, 4) is 0 Å². The summed E-state index contributed by atoms with van der Waals surface area (Å²) >= 11 is 6.79. The Morgan fingerprint density at radius 2 is 2.31 bits per heavy atom. The first kappa shape index (κ1) is 9.23. The van der Waals surface area contributed by atoms with Gasteiger partial charge in [0, 0.05) is 24.6 Å². The Morgan fingerprint density at radius 3 is 2.92 bits per heavy atom. The number of nitrogens with one attached hydrogen (secondary N) is 1. The van der Waals surface area contributed by atoms with Gasteiger partial charge >= 0.3 is 0 Å². The Kier molecular flexibility index (Phi) is 3.02. The second-order valence-electron chi connectivity index (χ2n) is 2.90. The van der Waals surface area contributed by atoms with Crippen LogP contribution >= 0.6 is 24.0 Å². The van der Waals surface area contributed by atoms with Gasteiger partial charge in [-0.2, -0.15) is 11.8 Å².